The second-order valence-corrected chi connectivity index (χ2v) is 12.9. The molecule has 0 aliphatic rings. The number of benzene rings is 8. The number of hydrogen-bond donors (Lipinski definition) is 0. The topological polar surface area (TPSA) is 50.2 Å². The molecule has 0 saturated heterocycles. The van der Waals surface area contributed by atoms with Crippen LogP contribution in [0.1, 0.15) is 16.7 Å². The Kier molecular flexibility index (Phi) is 8.03. The summed E-state index contributed by atoms with van der Waals surface area (Å²) in [5, 5.41) is 6.57. The van der Waals surface area contributed by atoms with E-state index in [-0.39, 0.29) is 0 Å². The van der Waals surface area contributed by atoms with E-state index < -0.39 is 0 Å². The SMILES string of the molecule is C=N/C(=N\C(=N/Cc1cc2c3cc(-c4ccccc4)ccc3oc2c2ccccc12)c1ccccc1)c1ccc2cc(-c3ccccc3)ccc2c1. The zero-order valence-corrected chi connectivity index (χ0v) is 28.4. The molecule has 0 aliphatic carbocycles. The summed E-state index contributed by atoms with van der Waals surface area (Å²) in [6.45, 7) is 4.33. The van der Waals surface area contributed by atoms with Gasteiger partial charge in [0.2, 0.25) is 0 Å². The van der Waals surface area contributed by atoms with Crippen LogP contribution in [0.4, 0.5) is 0 Å². The molecule has 9 rings (SSSR count). The number of nitrogens with zero attached hydrogens (tertiary/aromatic N) is 3. The molecule has 4 nitrogen and oxygen atoms in total. The lowest BCUT2D eigenvalue weighted by Gasteiger charge is -2.09. The van der Waals surface area contributed by atoms with Crippen LogP contribution in [-0.2, 0) is 6.54 Å². The molecule has 0 fully saturated rings. The Morgan fingerprint density at radius 2 is 1.08 bits per heavy atom. The maximum absolute atomic E-state index is 6.51. The number of fused-ring (bicyclic) bond motifs is 6. The van der Waals surface area contributed by atoms with Gasteiger partial charge in [0.05, 0.1) is 6.54 Å². The van der Waals surface area contributed by atoms with E-state index in [9.17, 15) is 0 Å². The van der Waals surface area contributed by atoms with Crippen molar-refractivity contribution in [3.63, 3.8) is 0 Å². The molecule has 0 unspecified atom stereocenters. The van der Waals surface area contributed by atoms with Gasteiger partial charge in [-0.25, -0.2) is 9.98 Å². The summed E-state index contributed by atoms with van der Waals surface area (Å²) >= 11 is 0. The van der Waals surface area contributed by atoms with Crippen LogP contribution in [0.15, 0.2) is 195 Å². The first-order chi connectivity index (χ1) is 25.7. The van der Waals surface area contributed by atoms with Gasteiger partial charge in [0, 0.05) is 27.3 Å². The van der Waals surface area contributed by atoms with Crippen molar-refractivity contribution in [3.8, 4) is 22.3 Å². The van der Waals surface area contributed by atoms with Gasteiger partial charge in [-0.2, -0.15) is 0 Å². The molecule has 52 heavy (non-hydrogen) atoms. The Bertz CT molecular complexity index is 2820. The van der Waals surface area contributed by atoms with Gasteiger partial charge in [-0.05, 0) is 81.0 Å². The van der Waals surface area contributed by atoms with Gasteiger partial charge >= 0.3 is 0 Å². The first-order valence-corrected chi connectivity index (χ1v) is 17.4. The zero-order chi connectivity index (χ0) is 34.9. The molecular weight excluding hydrogens is 635 g/mol. The van der Waals surface area contributed by atoms with Crippen LogP contribution in [0, 0.1) is 0 Å². The van der Waals surface area contributed by atoms with E-state index in [4.69, 9.17) is 14.4 Å². The number of furan rings is 1. The lowest BCUT2D eigenvalue weighted by molar-refractivity contribution is 0.672. The molecule has 1 heterocycles. The zero-order valence-electron chi connectivity index (χ0n) is 28.4. The van der Waals surface area contributed by atoms with Crippen LogP contribution >= 0.6 is 0 Å². The summed E-state index contributed by atoms with van der Waals surface area (Å²) in [5.74, 6) is 1.11. The standard InChI is InChI=1S/C48H33N3O/c1-49-47(39-24-23-36-27-35(21-22-37(36)28-39)32-13-5-2-6-14-32)51-48(34-17-9-4-10-18-34)50-31-40-30-44-43-29-38(33-15-7-3-8-16-33)25-26-45(43)52-46(44)42-20-12-11-19-41(40)42/h2-30H,1,31H2/b50-48-,51-47-. The molecule has 0 saturated carbocycles. The third-order valence-electron chi connectivity index (χ3n) is 9.67. The van der Waals surface area contributed by atoms with Crippen LogP contribution < -0.4 is 0 Å². The molecule has 0 aliphatic heterocycles. The highest BCUT2D eigenvalue weighted by atomic mass is 16.3. The fraction of sp³-hybridized carbons (Fsp3) is 0.0208. The third kappa shape index (κ3) is 5.86. The minimum atomic E-state index is 0.416. The highest BCUT2D eigenvalue weighted by Gasteiger charge is 2.15. The molecule has 0 spiro atoms. The smallest absolute Gasteiger partial charge is 0.161 e. The summed E-state index contributed by atoms with van der Waals surface area (Å²) in [6, 6.07) is 60.8. The van der Waals surface area contributed by atoms with Gasteiger partial charge in [-0.1, -0.05) is 146 Å². The van der Waals surface area contributed by atoms with Crippen molar-refractivity contribution < 1.29 is 4.42 Å². The fourth-order valence-corrected chi connectivity index (χ4v) is 7.04. The Labute approximate surface area is 301 Å². The van der Waals surface area contributed by atoms with Crippen LogP contribution in [0.3, 0.4) is 0 Å². The van der Waals surface area contributed by atoms with Crippen molar-refractivity contribution in [3.05, 3.63) is 193 Å². The quantitative estimate of drug-likeness (QED) is 0.129. The van der Waals surface area contributed by atoms with Gasteiger partial charge in [0.15, 0.2) is 11.7 Å². The molecule has 8 aromatic carbocycles. The molecule has 1 aromatic heterocycles. The van der Waals surface area contributed by atoms with E-state index >= 15 is 0 Å². The summed E-state index contributed by atoms with van der Waals surface area (Å²) in [7, 11) is 0. The highest BCUT2D eigenvalue weighted by molar-refractivity contribution is 6.17. The van der Waals surface area contributed by atoms with Crippen molar-refractivity contribution >= 4 is 61.9 Å². The number of amidine groups is 2. The summed E-state index contributed by atoms with van der Waals surface area (Å²) in [6.07, 6.45) is 0. The van der Waals surface area contributed by atoms with Crippen molar-refractivity contribution in [2.75, 3.05) is 0 Å². The van der Waals surface area contributed by atoms with Crippen molar-refractivity contribution in [2.24, 2.45) is 15.0 Å². The first kappa shape index (κ1) is 31.1. The molecule has 0 atom stereocenters. The number of rotatable bonds is 6. The molecule has 0 N–H and O–H groups in total. The van der Waals surface area contributed by atoms with Crippen molar-refractivity contribution in [2.45, 2.75) is 6.54 Å². The van der Waals surface area contributed by atoms with E-state index in [1.54, 1.807) is 0 Å². The van der Waals surface area contributed by atoms with E-state index in [0.29, 0.717) is 18.2 Å². The van der Waals surface area contributed by atoms with E-state index in [1.165, 1.54) is 16.7 Å². The molecule has 9 aromatic rings. The third-order valence-corrected chi connectivity index (χ3v) is 9.67. The van der Waals surface area contributed by atoms with Gasteiger partial charge in [0.25, 0.3) is 0 Å². The average molecular weight is 668 g/mol. The molecule has 0 bridgehead atoms. The van der Waals surface area contributed by atoms with Crippen molar-refractivity contribution in [1.82, 2.24) is 0 Å². The molecule has 246 valence electrons. The second-order valence-electron chi connectivity index (χ2n) is 12.9. The molecule has 0 amide bonds. The minimum absolute atomic E-state index is 0.416. The van der Waals surface area contributed by atoms with E-state index in [2.05, 4.69) is 145 Å². The van der Waals surface area contributed by atoms with Crippen LogP contribution in [0.5, 0.6) is 0 Å². The Morgan fingerprint density at radius 3 is 1.81 bits per heavy atom. The summed E-state index contributed by atoms with van der Waals surface area (Å²) in [4.78, 5) is 14.7. The number of hydrogen-bond acceptors (Lipinski definition) is 2. The largest absolute Gasteiger partial charge is 0.455 e. The van der Waals surface area contributed by atoms with Gasteiger partial charge in [-0.15, -0.1) is 0 Å². The number of aliphatic imine (C=N–C) groups is 3. The fourth-order valence-electron chi connectivity index (χ4n) is 7.04. The van der Waals surface area contributed by atoms with Gasteiger partial charge in [-0.3, -0.25) is 4.99 Å². The predicted molar refractivity (Wildman–Crippen MR) is 219 cm³/mol. The maximum atomic E-state index is 6.51. The molecular formula is C48H33N3O. The van der Waals surface area contributed by atoms with Crippen LogP contribution in [0.25, 0.3) is 65.7 Å². The normalized spacial score (nSPS) is 12.2. The first-order valence-electron chi connectivity index (χ1n) is 17.4. The summed E-state index contributed by atoms with van der Waals surface area (Å²) < 4.78 is 6.51. The van der Waals surface area contributed by atoms with Crippen LogP contribution in [-0.4, -0.2) is 18.4 Å². The average Bonchev–Trinajstić information content (AvgIpc) is 3.59. The summed E-state index contributed by atoms with van der Waals surface area (Å²) in [5.41, 5.74) is 9.32. The monoisotopic (exact) mass is 667 g/mol. The minimum Gasteiger partial charge on any atom is -0.455 e. The Balaban J connectivity index is 1.13. The second kappa shape index (κ2) is 13.4. The lowest BCUT2D eigenvalue weighted by atomic mass is 9.98. The van der Waals surface area contributed by atoms with Crippen molar-refractivity contribution in [1.29, 1.82) is 0 Å². The Morgan fingerprint density at radius 1 is 0.462 bits per heavy atom. The highest BCUT2D eigenvalue weighted by Crippen LogP contribution is 2.38. The van der Waals surface area contributed by atoms with Gasteiger partial charge in [0.1, 0.15) is 11.2 Å². The van der Waals surface area contributed by atoms with E-state index in [1.807, 2.05) is 42.5 Å². The predicted octanol–water partition coefficient (Wildman–Crippen LogP) is 12.3. The maximum Gasteiger partial charge on any atom is 0.161 e. The van der Waals surface area contributed by atoms with Crippen LogP contribution in [0.2, 0.25) is 0 Å². The lowest BCUT2D eigenvalue weighted by Crippen LogP contribution is -2.05. The van der Waals surface area contributed by atoms with Gasteiger partial charge < -0.3 is 4.42 Å². The Hall–Kier alpha value is -6.91. The molecule has 4 heteroatoms. The molecule has 0 radical (unpaired) electrons. The van der Waals surface area contributed by atoms with E-state index in [0.717, 1.165) is 65.7 Å².